The van der Waals surface area contributed by atoms with Gasteiger partial charge < -0.3 is 10.7 Å². The Morgan fingerprint density at radius 1 is 1.25 bits per heavy atom. The van der Waals surface area contributed by atoms with Crippen LogP contribution in [0.3, 0.4) is 0 Å². The molecule has 0 rings (SSSR count). The second-order valence-electron chi connectivity index (χ2n) is 1.80. The van der Waals surface area contributed by atoms with Crippen LogP contribution in [0.4, 0.5) is 0 Å². The van der Waals surface area contributed by atoms with E-state index in [1.54, 1.807) is 0 Å². The average Bonchev–Trinajstić information content (AvgIpc) is 1.81. The van der Waals surface area contributed by atoms with E-state index in [0.717, 1.165) is 25.9 Å². The van der Waals surface area contributed by atoms with Crippen LogP contribution in [0.2, 0.25) is 0 Å². The van der Waals surface area contributed by atoms with Crippen molar-refractivity contribution in [2.45, 2.75) is 19.3 Å². The number of nitrogens with zero attached hydrogens (tertiary/aromatic N) is 1. The molecule has 48 valence electrons. The molecule has 0 saturated carbocycles. The third-order valence-corrected chi connectivity index (χ3v) is 1.02. The Morgan fingerprint density at radius 2 is 2.00 bits per heavy atom. The SMILES string of the molecule is C=NCCCCCN. The third-order valence-electron chi connectivity index (χ3n) is 1.02. The summed E-state index contributed by atoms with van der Waals surface area (Å²) in [5.74, 6) is 0. The van der Waals surface area contributed by atoms with Crippen molar-refractivity contribution in [1.82, 2.24) is 0 Å². The topological polar surface area (TPSA) is 38.4 Å². The summed E-state index contributed by atoms with van der Waals surface area (Å²) < 4.78 is 0. The maximum absolute atomic E-state index is 5.26. The van der Waals surface area contributed by atoms with Crippen molar-refractivity contribution in [3.63, 3.8) is 0 Å². The minimum Gasteiger partial charge on any atom is -0.330 e. The minimum atomic E-state index is 0.803. The number of rotatable bonds is 5. The standard InChI is InChI=1S/C6H14N2/c1-8-6-4-2-3-5-7/h1-7H2. The number of hydrogen-bond donors (Lipinski definition) is 1. The Balaban J connectivity index is 2.62. The first-order valence-corrected chi connectivity index (χ1v) is 3.04. The molecule has 0 atom stereocenters. The quantitative estimate of drug-likeness (QED) is 0.417. The lowest BCUT2D eigenvalue weighted by atomic mass is 10.2. The molecule has 0 heterocycles. The van der Waals surface area contributed by atoms with Crippen LogP contribution in [0.5, 0.6) is 0 Å². The smallest absolute Gasteiger partial charge is 0.0382 e. The van der Waals surface area contributed by atoms with Crippen molar-refractivity contribution in [2.75, 3.05) is 13.1 Å². The normalized spacial score (nSPS) is 9.12. The lowest BCUT2D eigenvalue weighted by Gasteiger charge is -1.91. The van der Waals surface area contributed by atoms with Gasteiger partial charge in [0.25, 0.3) is 0 Å². The van der Waals surface area contributed by atoms with Gasteiger partial charge in [-0.2, -0.15) is 0 Å². The lowest BCUT2D eigenvalue weighted by Crippen LogP contribution is -1.97. The van der Waals surface area contributed by atoms with Crippen LogP contribution in [0.15, 0.2) is 4.99 Å². The van der Waals surface area contributed by atoms with Crippen LogP contribution in [-0.4, -0.2) is 19.8 Å². The first-order valence-electron chi connectivity index (χ1n) is 3.04. The van der Waals surface area contributed by atoms with Gasteiger partial charge in [0.2, 0.25) is 0 Å². The summed E-state index contributed by atoms with van der Waals surface area (Å²) in [7, 11) is 0. The molecular weight excluding hydrogens is 100 g/mol. The molecule has 2 heteroatoms. The van der Waals surface area contributed by atoms with Gasteiger partial charge in [-0.1, -0.05) is 6.42 Å². The van der Waals surface area contributed by atoms with Gasteiger partial charge in [-0.15, -0.1) is 0 Å². The molecule has 0 aliphatic heterocycles. The first kappa shape index (κ1) is 7.63. The van der Waals surface area contributed by atoms with E-state index in [2.05, 4.69) is 11.7 Å². The molecule has 0 spiro atoms. The molecule has 2 N–H and O–H groups in total. The summed E-state index contributed by atoms with van der Waals surface area (Å²) in [4.78, 5) is 3.72. The van der Waals surface area contributed by atoms with Crippen molar-refractivity contribution in [3.05, 3.63) is 0 Å². The Morgan fingerprint density at radius 3 is 2.50 bits per heavy atom. The molecule has 0 saturated heterocycles. The molecule has 0 aromatic carbocycles. The van der Waals surface area contributed by atoms with E-state index in [0.29, 0.717) is 0 Å². The highest BCUT2D eigenvalue weighted by Crippen LogP contribution is 1.91. The second kappa shape index (κ2) is 6.63. The van der Waals surface area contributed by atoms with Crippen molar-refractivity contribution >= 4 is 6.72 Å². The van der Waals surface area contributed by atoms with E-state index in [-0.39, 0.29) is 0 Å². The Labute approximate surface area is 50.8 Å². The zero-order chi connectivity index (χ0) is 6.24. The van der Waals surface area contributed by atoms with E-state index < -0.39 is 0 Å². The summed E-state index contributed by atoms with van der Waals surface area (Å²) in [6.45, 7) is 5.07. The molecule has 2 nitrogen and oxygen atoms in total. The van der Waals surface area contributed by atoms with Gasteiger partial charge in [0, 0.05) is 6.54 Å². The molecule has 0 aliphatic rings. The third kappa shape index (κ3) is 5.63. The Bertz CT molecular complexity index is 52.5. The van der Waals surface area contributed by atoms with Crippen LogP contribution >= 0.6 is 0 Å². The molecule has 0 bridgehead atoms. The van der Waals surface area contributed by atoms with Crippen molar-refractivity contribution < 1.29 is 0 Å². The van der Waals surface area contributed by atoms with E-state index in [1.807, 2.05) is 0 Å². The molecule has 0 fully saturated rings. The van der Waals surface area contributed by atoms with Crippen LogP contribution in [0, 0.1) is 0 Å². The zero-order valence-electron chi connectivity index (χ0n) is 5.27. The number of nitrogens with two attached hydrogens (primary N) is 1. The molecule has 0 unspecified atom stereocenters. The zero-order valence-corrected chi connectivity index (χ0v) is 5.27. The van der Waals surface area contributed by atoms with Gasteiger partial charge in [-0.25, -0.2) is 0 Å². The van der Waals surface area contributed by atoms with E-state index in [4.69, 9.17) is 5.73 Å². The lowest BCUT2D eigenvalue weighted by molar-refractivity contribution is 0.697. The summed E-state index contributed by atoms with van der Waals surface area (Å²) in [6, 6.07) is 0. The fourth-order valence-corrected chi connectivity index (χ4v) is 0.545. The minimum absolute atomic E-state index is 0.803. The maximum Gasteiger partial charge on any atom is 0.0382 e. The highest BCUT2D eigenvalue weighted by Gasteiger charge is 1.82. The van der Waals surface area contributed by atoms with Gasteiger partial charge in [-0.3, -0.25) is 0 Å². The molecule has 0 aliphatic carbocycles. The van der Waals surface area contributed by atoms with Crippen LogP contribution in [0.25, 0.3) is 0 Å². The van der Waals surface area contributed by atoms with Crippen LogP contribution in [-0.2, 0) is 0 Å². The van der Waals surface area contributed by atoms with Crippen molar-refractivity contribution in [1.29, 1.82) is 0 Å². The van der Waals surface area contributed by atoms with Crippen molar-refractivity contribution in [3.8, 4) is 0 Å². The fourth-order valence-electron chi connectivity index (χ4n) is 0.545. The van der Waals surface area contributed by atoms with Crippen LogP contribution in [0.1, 0.15) is 19.3 Å². The number of hydrogen-bond acceptors (Lipinski definition) is 2. The van der Waals surface area contributed by atoms with Gasteiger partial charge in [0.15, 0.2) is 0 Å². The highest BCUT2D eigenvalue weighted by atomic mass is 14.7. The monoisotopic (exact) mass is 114 g/mol. The van der Waals surface area contributed by atoms with E-state index >= 15 is 0 Å². The molecule has 0 aromatic heterocycles. The van der Waals surface area contributed by atoms with Gasteiger partial charge >= 0.3 is 0 Å². The summed E-state index contributed by atoms with van der Waals surface area (Å²) in [5, 5.41) is 0. The maximum atomic E-state index is 5.26. The Hall–Kier alpha value is -0.370. The van der Waals surface area contributed by atoms with E-state index in [9.17, 15) is 0 Å². The average molecular weight is 114 g/mol. The first-order chi connectivity index (χ1) is 3.91. The second-order valence-corrected chi connectivity index (χ2v) is 1.80. The number of aliphatic imine (C=N–C) groups is 1. The predicted octanol–water partition coefficient (Wildman–Crippen LogP) is 0.816. The van der Waals surface area contributed by atoms with Crippen molar-refractivity contribution in [2.24, 2.45) is 10.7 Å². The molecule has 0 amide bonds. The summed E-state index contributed by atoms with van der Waals surface area (Å²) in [6.07, 6.45) is 3.45. The Kier molecular flexibility index (Phi) is 6.32. The van der Waals surface area contributed by atoms with Crippen LogP contribution < -0.4 is 5.73 Å². The molecular formula is C6H14N2. The predicted molar refractivity (Wildman–Crippen MR) is 37.3 cm³/mol. The van der Waals surface area contributed by atoms with Gasteiger partial charge in [0.05, 0.1) is 0 Å². The molecule has 0 radical (unpaired) electrons. The highest BCUT2D eigenvalue weighted by molar-refractivity contribution is 5.22. The van der Waals surface area contributed by atoms with Gasteiger partial charge in [-0.05, 0) is 26.1 Å². The largest absolute Gasteiger partial charge is 0.330 e. The fraction of sp³-hybridized carbons (Fsp3) is 0.833. The van der Waals surface area contributed by atoms with E-state index in [1.165, 1.54) is 6.42 Å². The summed E-state index contributed by atoms with van der Waals surface area (Å²) in [5.41, 5.74) is 5.26. The molecule has 0 aromatic rings. The molecule has 8 heavy (non-hydrogen) atoms. The summed E-state index contributed by atoms with van der Waals surface area (Å²) >= 11 is 0. The van der Waals surface area contributed by atoms with Gasteiger partial charge in [0.1, 0.15) is 0 Å². The number of unbranched alkanes of at least 4 members (excludes halogenated alkanes) is 2.